The van der Waals surface area contributed by atoms with E-state index in [0.29, 0.717) is 16.9 Å². The summed E-state index contributed by atoms with van der Waals surface area (Å²) in [5.41, 5.74) is 0.315. The van der Waals surface area contributed by atoms with Crippen LogP contribution in [0.1, 0.15) is 17.3 Å². The van der Waals surface area contributed by atoms with Crippen LogP contribution in [0.4, 0.5) is 5.82 Å². The number of esters is 1. The molecule has 1 amide bonds. The summed E-state index contributed by atoms with van der Waals surface area (Å²) in [4.78, 5) is 38.5. The van der Waals surface area contributed by atoms with Gasteiger partial charge < -0.3 is 14.8 Å². The van der Waals surface area contributed by atoms with Gasteiger partial charge in [0.1, 0.15) is 11.6 Å². The Labute approximate surface area is 148 Å². The average Bonchev–Trinajstić information content (AvgIpc) is 2.62. The van der Waals surface area contributed by atoms with Crippen molar-refractivity contribution >= 4 is 35.6 Å². The molecule has 0 bridgehead atoms. The Morgan fingerprint density at radius 1 is 1.28 bits per heavy atom. The predicted octanol–water partition coefficient (Wildman–Crippen LogP) is 2.50. The lowest BCUT2D eigenvalue weighted by Crippen LogP contribution is -2.32. The first-order chi connectivity index (χ1) is 12.0. The van der Waals surface area contributed by atoms with Gasteiger partial charge in [0.2, 0.25) is 0 Å². The van der Waals surface area contributed by atoms with E-state index >= 15 is 0 Å². The molecule has 0 fully saturated rings. The van der Waals surface area contributed by atoms with Crippen molar-refractivity contribution in [2.75, 3.05) is 11.9 Å². The minimum absolute atomic E-state index is 0.261. The number of aromatic nitrogens is 1. The zero-order chi connectivity index (χ0) is 18.2. The minimum atomic E-state index is -1.05. The zero-order valence-corrected chi connectivity index (χ0v) is 14.0. The molecule has 25 heavy (non-hydrogen) atoms. The molecular weight excluding hydrogens is 348 g/mol. The molecule has 1 atom stereocenters. The lowest BCUT2D eigenvalue weighted by atomic mass is 10.2. The van der Waals surface area contributed by atoms with Crippen LogP contribution >= 0.6 is 11.6 Å². The number of aldehydes is 1. The molecule has 0 aliphatic heterocycles. The second kappa shape index (κ2) is 8.79. The normalized spacial score (nSPS) is 11.3. The summed E-state index contributed by atoms with van der Waals surface area (Å²) in [5, 5.41) is 2.93. The van der Waals surface area contributed by atoms with E-state index in [-0.39, 0.29) is 11.6 Å². The van der Waals surface area contributed by atoms with Crippen LogP contribution in [0.2, 0.25) is 5.02 Å². The van der Waals surface area contributed by atoms with Crippen molar-refractivity contribution in [1.29, 1.82) is 0 Å². The lowest BCUT2D eigenvalue weighted by Gasteiger charge is -2.14. The number of benzene rings is 1. The highest BCUT2D eigenvalue weighted by molar-refractivity contribution is 6.30. The Balaban J connectivity index is 1.83. The molecule has 0 radical (unpaired) electrons. The number of para-hydroxylation sites is 1. The maximum absolute atomic E-state index is 12.0. The molecule has 0 saturated heterocycles. The molecule has 130 valence electrons. The Morgan fingerprint density at radius 2 is 2.04 bits per heavy atom. The van der Waals surface area contributed by atoms with Crippen molar-refractivity contribution in [2.45, 2.75) is 13.0 Å². The van der Waals surface area contributed by atoms with Crippen LogP contribution in [0.25, 0.3) is 0 Å². The quantitative estimate of drug-likeness (QED) is 0.600. The van der Waals surface area contributed by atoms with Crippen LogP contribution in [0.3, 0.4) is 0 Å². The first kappa shape index (κ1) is 18.4. The first-order valence-corrected chi connectivity index (χ1v) is 7.66. The van der Waals surface area contributed by atoms with Crippen molar-refractivity contribution in [3.8, 4) is 5.75 Å². The molecule has 2 aromatic rings. The van der Waals surface area contributed by atoms with E-state index in [1.54, 1.807) is 30.3 Å². The number of hydrogen-bond acceptors (Lipinski definition) is 6. The van der Waals surface area contributed by atoms with E-state index in [1.807, 2.05) is 0 Å². The van der Waals surface area contributed by atoms with Crippen molar-refractivity contribution in [1.82, 2.24) is 4.98 Å². The predicted molar refractivity (Wildman–Crippen MR) is 90.8 cm³/mol. The Hall–Kier alpha value is -2.93. The van der Waals surface area contributed by atoms with Gasteiger partial charge in [-0.3, -0.25) is 9.59 Å². The molecule has 1 aromatic carbocycles. The van der Waals surface area contributed by atoms with Crippen molar-refractivity contribution in [2.24, 2.45) is 0 Å². The van der Waals surface area contributed by atoms with Crippen LogP contribution in [-0.4, -0.2) is 35.9 Å². The van der Waals surface area contributed by atoms with Gasteiger partial charge in [-0.15, -0.1) is 0 Å². The van der Waals surface area contributed by atoms with Gasteiger partial charge in [0.25, 0.3) is 5.91 Å². The molecule has 1 heterocycles. The zero-order valence-electron chi connectivity index (χ0n) is 13.3. The number of ether oxygens (including phenoxy) is 2. The van der Waals surface area contributed by atoms with E-state index in [0.717, 1.165) is 0 Å². The number of hydrogen-bond donors (Lipinski definition) is 1. The van der Waals surface area contributed by atoms with Crippen LogP contribution in [0, 0.1) is 0 Å². The Bertz CT molecular complexity index is 764. The molecule has 0 aliphatic rings. The smallest absolute Gasteiger partial charge is 0.344 e. The third-order valence-electron chi connectivity index (χ3n) is 3.05. The Morgan fingerprint density at radius 3 is 2.72 bits per heavy atom. The number of nitrogens with one attached hydrogen (secondary N) is 1. The van der Waals surface area contributed by atoms with Gasteiger partial charge in [0.05, 0.1) is 10.6 Å². The fourth-order valence-corrected chi connectivity index (χ4v) is 1.92. The van der Waals surface area contributed by atoms with E-state index in [2.05, 4.69) is 10.3 Å². The number of halogens is 1. The topological polar surface area (TPSA) is 94.6 Å². The minimum Gasteiger partial charge on any atom is -0.481 e. The molecule has 0 spiro atoms. The van der Waals surface area contributed by atoms with Gasteiger partial charge in [-0.05, 0) is 31.2 Å². The van der Waals surface area contributed by atoms with Gasteiger partial charge >= 0.3 is 5.97 Å². The number of carbonyl (C=O) groups excluding carboxylic acids is 3. The summed E-state index contributed by atoms with van der Waals surface area (Å²) in [6.07, 6.45) is 0.956. The summed E-state index contributed by atoms with van der Waals surface area (Å²) in [7, 11) is 0. The Kier molecular flexibility index (Phi) is 6.47. The molecular formula is C17H15ClN2O5. The average molecular weight is 363 g/mol. The van der Waals surface area contributed by atoms with Gasteiger partial charge in [0.15, 0.2) is 19.0 Å². The van der Waals surface area contributed by atoms with Crippen LogP contribution in [-0.2, 0) is 14.3 Å². The monoisotopic (exact) mass is 362 g/mol. The second-order valence-electron chi connectivity index (χ2n) is 4.93. The highest BCUT2D eigenvalue weighted by Crippen LogP contribution is 2.15. The van der Waals surface area contributed by atoms with Gasteiger partial charge in [-0.1, -0.05) is 23.7 Å². The number of pyridine rings is 1. The summed E-state index contributed by atoms with van der Waals surface area (Å²) >= 11 is 5.71. The lowest BCUT2D eigenvalue weighted by molar-refractivity contribution is -0.155. The van der Waals surface area contributed by atoms with E-state index < -0.39 is 24.6 Å². The van der Waals surface area contributed by atoms with Crippen LogP contribution in [0.5, 0.6) is 5.75 Å². The number of rotatable bonds is 7. The summed E-state index contributed by atoms with van der Waals surface area (Å²) in [5.74, 6) is -0.741. The molecule has 8 heteroatoms. The van der Waals surface area contributed by atoms with Crippen molar-refractivity contribution in [3.63, 3.8) is 0 Å². The van der Waals surface area contributed by atoms with Crippen LogP contribution < -0.4 is 10.1 Å². The summed E-state index contributed by atoms with van der Waals surface area (Å²) in [6.45, 7) is 0.990. The van der Waals surface area contributed by atoms with Crippen LogP contribution in [0.15, 0.2) is 42.6 Å². The fraction of sp³-hybridized carbons (Fsp3) is 0.176. The maximum Gasteiger partial charge on any atom is 0.344 e. The third kappa shape index (κ3) is 5.58. The number of nitrogens with zero attached hydrogens (tertiary/aromatic N) is 1. The van der Waals surface area contributed by atoms with Gasteiger partial charge in [-0.25, -0.2) is 9.78 Å². The summed E-state index contributed by atoms with van der Waals surface area (Å²) < 4.78 is 10.2. The molecule has 0 saturated carbocycles. The largest absolute Gasteiger partial charge is 0.481 e. The molecule has 2 rings (SSSR count). The van der Waals surface area contributed by atoms with Crippen molar-refractivity contribution < 1.29 is 23.9 Å². The van der Waals surface area contributed by atoms with Gasteiger partial charge in [0, 0.05) is 6.20 Å². The van der Waals surface area contributed by atoms with E-state index in [9.17, 15) is 14.4 Å². The van der Waals surface area contributed by atoms with E-state index in [1.165, 1.54) is 19.2 Å². The third-order valence-corrected chi connectivity index (χ3v) is 3.27. The summed E-state index contributed by atoms with van der Waals surface area (Å²) in [6, 6.07) is 9.55. The van der Waals surface area contributed by atoms with E-state index in [4.69, 9.17) is 21.1 Å². The molecule has 0 aliphatic carbocycles. The molecule has 1 unspecified atom stereocenters. The molecule has 7 nitrogen and oxygen atoms in total. The number of carbonyl (C=O) groups is 3. The SMILES string of the molecule is CC(OC(=O)COc1ccccc1C=O)C(=O)Nc1ccc(Cl)cn1. The standard InChI is InChI=1S/C17H15ClN2O5/c1-11(17(23)20-15-7-6-13(18)8-19-15)25-16(22)10-24-14-5-3-2-4-12(14)9-21/h2-9,11H,10H2,1H3,(H,19,20,23). The fourth-order valence-electron chi connectivity index (χ4n) is 1.81. The van der Waals surface area contributed by atoms with Crippen molar-refractivity contribution in [3.05, 3.63) is 53.2 Å². The number of anilines is 1. The number of amides is 1. The van der Waals surface area contributed by atoms with Gasteiger partial charge in [-0.2, -0.15) is 0 Å². The second-order valence-corrected chi connectivity index (χ2v) is 5.36. The molecule has 1 aromatic heterocycles. The first-order valence-electron chi connectivity index (χ1n) is 7.28. The maximum atomic E-state index is 12.0. The molecule has 1 N–H and O–H groups in total. The highest BCUT2D eigenvalue weighted by atomic mass is 35.5. The highest BCUT2D eigenvalue weighted by Gasteiger charge is 2.19.